The van der Waals surface area contributed by atoms with E-state index in [0.717, 1.165) is 10.4 Å². The standard InChI is InChI=1S/C10H8Cl2N2S/c11-8-4-3-6(10(12)14-8)9(13)7-2-1-5-15-7/h1-5,9H,13H2/t9-/m1/s1. The first kappa shape index (κ1) is 10.9. The molecule has 15 heavy (non-hydrogen) atoms. The predicted molar refractivity (Wildman–Crippen MR) is 64.6 cm³/mol. The van der Waals surface area contributed by atoms with Gasteiger partial charge in [0.2, 0.25) is 0 Å². The zero-order valence-electron chi connectivity index (χ0n) is 7.65. The third kappa shape index (κ3) is 2.32. The van der Waals surface area contributed by atoms with Crippen molar-refractivity contribution in [1.29, 1.82) is 0 Å². The van der Waals surface area contributed by atoms with Gasteiger partial charge in [0.1, 0.15) is 10.3 Å². The van der Waals surface area contributed by atoms with Crippen LogP contribution in [0.2, 0.25) is 10.3 Å². The van der Waals surface area contributed by atoms with Crippen molar-refractivity contribution < 1.29 is 0 Å². The van der Waals surface area contributed by atoms with Crippen molar-refractivity contribution in [3.8, 4) is 0 Å². The first-order valence-electron chi connectivity index (χ1n) is 4.29. The van der Waals surface area contributed by atoms with Crippen LogP contribution in [0.15, 0.2) is 29.6 Å². The SMILES string of the molecule is N[C@@H](c1cccs1)c1ccc(Cl)nc1Cl. The van der Waals surface area contributed by atoms with E-state index in [1.807, 2.05) is 23.6 Å². The highest BCUT2D eigenvalue weighted by Gasteiger charge is 2.14. The molecule has 2 rings (SSSR count). The lowest BCUT2D eigenvalue weighted by atomic mass is 10.1. The van der Waals surface area contributed by atoms with E-state index < -0.39 is 0 Å². The highest BCUT2D eigenvalue weighted by atomic mass is 35.5. The van der Waals surface area contributed by atoms with Gasteiger partial charge in [0.15, 0.2) is 0 Å². The number of hydrogen-bond donors (Lipinski definition) is 1. The fraction of sp³-hybridized carbons (Fsp3) is 0.100. The van der Waals surface area contributed by atoms with Crippen molar-refractivity contribution in [2.75, 3.05) is 0 Å². The first-order valence-corrected chi connectivity index (χ1v) is 5.93. The van der Waals surface area contributed by atoms with Gasteiger partial charge in [-0.2, -0.15) is 0 Å². The van der Waals surface area contributed by atoms with Crippen LogP contribution in [0.3, 0.4) is 0 Å². The van der Waals surface area contributed by atoms with Crippen molar-refractivity contribution in [1.82, 2.24) is 4.98 Å². The Balaban J connectivity index is 2.38. The third-order valence-electron chi connectivity index (χ3n) is 2.03. The Morgan fingerprint density at radius 3 is 2.67 bits per heavy atom. The maximum absolute atomic E-state index is 6.05. The highest BCUT2D eigenvalue weighted by molar-refractivity contribution is 7.10. The Morgan fingerprint density at radius 1 is 1.27 bits per heavy atom. The topological polar surface area (TPSA) is 38.9 Å². The smallest absolute Gasteiger partial charge is 0.135 e. The summed E-state index contributed by atoms with van der Waals surface area (Å²) in [5, 5.41) is 2.72. The molecular weight excluding hydrogens is 251 g/mol. The van der Waals surface area contributed by atoms with Gasteiger partial charge in [-0.3, -0.25) is 0 Å². The summed E-state index contributed by atoms with van der Waals surface area (Å²) in [6.45, 7) is 0. The van der Waals surface area contributed by atoms with Crippen LogP contribution in [0.4, 0.5) is 0 Å². The third-order valence-corrected chi connectivity index (χ3v) is 3.50. The molecule has 5 heteroatoms. The normalized spacial score (nSPS) is 12.7. The van der Waals surface area contributed by atoms with Gasteiger partial charge < -0.3 is 5.73 Å². The molecule has 0 bridgehead atoms. The van der Waals surface area contributed by atoms with E-state index >= 15 is 0 Å². The van der Waals surface area contributed by atoms with Crippen molar-refractivity contribution in [3.63, 3.8) is 0 Å². The van der Waals surface area contributed by atoms with Crippen molar-refractivity contribution in [2.24, 2.45) is 5.73 Å². The van der Waals surface area contributed by atoms with Gasteiger partial charge in [-0.15, -0.1) is 11.3 Å². The van der Waals surface area contributed by atoms with E-state index in [0.29, 0.717) is 10.3 Å². The van der Waals surface area contributed by atoms with Crippen LogP contribution in [-0.2, 0) is 0 Å². The zero-order valence-corrected chi connectivity index (χ0v) is 9.98. The molecule has 1 atom stereocenters. The molecule has 0 saturated heterocycles. The molecule has 0 aliphatic rings. The Labute approximate surface area is 102 Å². The van der Waals surface area contributed by atoms with Crippen LogP contribution in [0.1, 0.15) is 16.5 Å². The van der Waals surface area contributed by atoms with E-state index in [9.17, 15) is 0 Å². The summed E-state index contributed by atoms with van der Waals surface area (Å²) in [7, 11) is 0. The van der Waals surface area contributed by atoms with Crippen LogP contribution in [0, 0.1) is 0 Å². The lowest BCUT2D eigenvalue weighted by Gasteiger charge is -2.11. The minimum absolute atomic E-state index is 0.234. The quantitative estimate of drug-likeness (QED) is 0.838. The molecule has 2 heterocycles. The van der Waals surface area contributed by atoms with Crippen LogP contribution in [0.25, 0.3) is 0 Å². The summed E-state index contributed by atoms with van der Waals surface area (Å²) in [6, 6.07) is 7.19. The van der Waals surface area contributed by atoms with Crippen LogP contribution in [-0.4, -0.2) is 4.98 Å². The van der Waals surface area contributed by atoms with Gasteiger partial charge in [0.25, 0.3) is 0 Å². The van der Waals surface area contributed by atoms with E-state index in [2.05, 4.69) is 4.98 Å². The molecule has 2 aromatic rings. The maximum atomic E-state index is 6.05. The van der Waals surface area contributed by atoms with Crippen molar-refractivity contribution in [2.45, 2.75) is 6.04 Å². The Morgan fingerprint density at radius 2 is 2.07 bits per heavy atom. The predicted octanol–water partition coefficient (Wildman–Crippen LogP) is 3.50. The van der Waals surface area contributed by atoms with Gasteiger partial charge in [-0.1, -0.05) is 35.3 Å². The molecule has 0 radical (unpaired) electrons. The van der Waals surface area contributed by atoms with E-state index in [-0.39, 0.29) is 6.04 Å². The fourth-order valence-electron chi connectivity index (χ4n) is 1.28. The second kappa shape index (κ2) is 4.49. The molecule has 78 valence electrons. The lowest BCUT2D eigenvalue weighted by Crippen LogP contribution is -2.11. The molecule has 0 fully saturated rings. The monoisotopic (exact) mass is 258 g/mol. The number of nitrogens with zero attached hydrogens (tertiary/aromatic N) is 1. The van der Waals surface area contributed by atoms with Crippen LogP contribution < -0.4 is 5.73 Å². The van der Waals surface area contributed by atoms with Gasteiger partial charge >= 0.3 is 0 Å². The molecule has 0 amide bonds. The van der Waals surface area contributed by atoms with Gasteiger partial charge in [0, 0.05) is 10.4 Å². The van der Waals surface area contributed by atoms with Gasteiger partial charge in [-0.05, 0) is 17.5 Å². The second-order valence-electron chi connectivity index (χ2n) is 3.01. The summed E-state index contributed by atoms with van der Waals surface area (Å²) in [5.74, 6) is 0. The number of aromatic nitrogens is 1. The summed E-state index contributed by atoms with van der Waals surface area (Å²) < 4.78 is 0. The molecule has 0 aromatic carbocycles. The molecule has 0 aliphatic heterocycles. The van der Waals surface area contributed by atoms with Crippen molar-refractivity contribution in [3.05, 3.63) is 50.4 Å². The summed E-state index contributed by atoms with van der Waals surface area (Å²) in [6.07, 6.45) is 0. The van der Waals surface area contributed by atoms with E-state index in [4.69, 9.17) is 28.9 Å². The molecule has 0 aliphatic carbocycles. The summed E-state index contributed by atoms with van der Waals surface area (Å²) in [5.41, 5.74) is 6.85. The van der Waals surface area contributed by atoms with Crippen molar-refractivity contribution >= 4 is 34.5 Å². The number of pyridine rings is 1. The molecule has 2 nitrogen and oxygen atoms in total. The molecule has 0 unspecified atom stereocenters. The number of thiophene rings is 1. The average molecular weight is 259 g/mol. The Hall–Kier alpha value is -0.610. The van der Waals surface area contributed by atoms with E-state index in [1.54, 1.807) is 17.4 Å². The largest absolute Gasteiger partial charge is 0.320 e. The molecular formula is C10H8Cl2N2S. The number of nitrogens with two attached hydrogens (primary N) is 1. The number of hydrogen-bond acceptors (Lipinski definition) is 3. The van der Waals surface area contributed by atoms with Gasteiger partial charge in [-0.25, -0.2) is 4.98 Å². The Kier molecular flexibility index (Phi) is 3.26. The summed E-state index contributed by atoms with van der Waals surface area (Å²) >= 11 is 13.3. The Bertz CT molecular complexity index is 456. The van der Waals surface area contributed by atoms with Crippen LogP contribution >= 0.6 is 34.5 Å². The number of rotatable bonds is 2. The average Bonchev–Trinajstić information content (AvgIpc) is 2.69. The highest BCUT2D eigenvalue weighted by Crippen LogP contribution is 2.28. The lowest BCUT2D eigenvalue weighted by molar-refractivity contribution is 0.884. The molecule has 2 N–H and O–H groups in total. The van der Waals surface area contributed by atoms with Crippen LogP contribution in [0.5, 0.6) is 0 Å². The second-order valence-corrected chi connectivity index (χ2v) is 4.73. The maximum Gasteiger partial charge on any atom is 0.135 e. The first-order chi connectivity index (χ1) is 7.18. The zero-order chi connectivity index (χ0) is 10.8. The minimum atomic E-state index is -0.234. The molecule has 0 saturated carbocycles. The minimum Gasteiger partial charge on any atom is -0.320 e. The molecule has 0 spiro atoms. The summed E-state index contributed by atoms with van der Waals surface area (Å²) in [4.78, 5) is 5.02. The fourth-order valence-corrected chi connectivity index (χ4v) is 2.48. The molecule has 2 aromatic heterocycles. The number of halogens is 2. The van der Waals surface area contributed by atoms with E-state index in [1.165, 1.54) is 0 Å². The van der Waals surface area contributed by atoms with Gasteiger partial charge in [0.05, 0.1) is 6.04 Å².